The van der Waals surface area contributed by atoms with Crippen LogP contribution in [-0.2, 0) is 14.8 Å². The smallest absolute Gasteiger partial charge is 0.262 e. The minimum absolute atomic E-state index is 0.0132. The largest absolute Gasteiger partial charge is 0.497 e. The summed E-state index contributed by atoms with van der Waals surface area (Å²) >= 11 is 6.05. The average Bonchev–Trinajstić information content (AvgIpc) is 2.83. The van der Waals surface area contributed by atoms with E-state index in [1.165, 1.54) is 57.7 Å². The van der Waals surface area contributed by atoms with Gasteiger partial charge < -0.3 is 24.3 Å². The number of methoxy groups -OCH3 is 3. The van der Waals surface area contributed by atoms with E-state index in [1.807, 2.05) is 0 Å². The Morgan fingerprint density at radius 2 is 1.53 bits per heavy atom. The maximum Gasteiger partial charge on any atom is 0.262 e. The predicted octanol–water partition coefficient (Wildman–Crippen LogP) is 4.18. The van der Waals surface area contributed by atoms with E-state index < -0.39 is 15.9 Å². The van der Waals surface area contributed by atoms with E-state index in [9.17, 15) is 13.2 Å². The van der Waals surface area contributed by atoms with Gasteiger partial charge in [-0.15, -0.1) is 0 Å². The number of rotatable bonds is 10. The number of benzene rings is 3. The standard InChI is InChI=1S/C23H23ClN2O7S/c1-30-17-7-10-20(22(13-17)32-3)25-23(27)14-33-16-5-8-18(9-6-16)34(28,29)26-15-4-11-21(31-2)19(24)12-15/h4-13,26H,14H2,1-3H3,(H,25,27). The second-order valence-electron chi connectivity index (χ2n) is 6.83. The minimum atomic E-state index is -3.86. The molecule has 34 heavy (non-hydrogen) atoms. The normalized spacial score (nSPS) is 10.8. The number of amides is 1. The van der Waals surface area contributed by atoms with Gasteiger partial charge in [0.15, 0.2) is 6.61 Å². The molecule has 0 saturated heterocycles. The van der Waals surface area contributed by atoms with E-state index in [4.69, 9.17) is 30.5 Å². The fourth-order valence-electron chi connectivity index (χ4n) is 2.90. The van der Waals surface area contributed by atoms with E-state index in [-0.39, 0.29) is 22.2 Å². The molecule has 3 aromatic carbocycles. The van der Waals surface area contributed by atoms with Crippen LogP contribution >= 0.6 is 11.6 Å². The fraction of sp³-hybridized carbons (Fsp3) is 0.174. The number of hydrogen-bond donors (Lipinski definition) is 2. The lowest BCUT2D eigenvalue weighted by Crippen LogP contribution is -2.20. The zero-order valence-corrected chi connectivity index (χ0v) is 20.2. The molecule has 0 unspecified atom stereocenters. The maximum atomic E-state index is 12.6. The Morgan fingerprint density at radius 3 is 2.15 bits per heavy atom. The zero-order valence-electron chi connectivity index (χ0n) is 18.6. The van der Waals surface area contributed by atoms with Crippen LogP contribution in [0, 0.1) is 0 Å². The second-order valence-corrected chi connectivity index (χ2v) is 8.92. The third kappa shape index (κ3) is 6.24. The van der Waals surface area contributed by atoms with Crippen LogP contribution < -0.4 is 29.0 Å². The van der Waals surface area contributed by atoms with Gasteiger partial charge in [0.2, 0.25) is 0 Å². The molecule has 0 bridgehead atoms. The fourth-order valence-corrected chi connectivity index (χ4v) is 4.20. The Balaban J connectivity index is 1.60. The molecule has 0 fully saturated rings. The lowest BCUT2D eigenvalue weighted by molar-refractivity contribution is -0.118. The zero-order chi connectivity index (χ0) is 24.7. The summed E-state index contributed by atoms with van der Waals surface area (Å²) in [4.78, 5) is 12.3. The van der Waals surface area contributed by atoms with Gasteiger partial charge in [-0.05, 0) is 54.6 Å². The van der Waals surface area contributed by atoms with E-state index >= 15 is 0 Å². The molecule has 0 heterocycles. The highest BCUT2D eigenvalue weighted by Crippen LogP contribution is 2.30. The molecule has 9 nitrogen and oxygen atoms in total. The summed E-state index contributed by atoms with van der Waals surface area (Å²) < 4.78 is 48.6. The summed E-state index contributed by atoms with van der Waals surface area (Å²) in [6, 6.07) is 15.2. The first kappa shape index (κ1) is 25.0. The van der Waals surface area contributed by atoms with Gasteiger partial charge in [-0.25, -0.2) is 8.42 Å². The SMILES string of the molecule is COc1ccc(NC(=O)COc2ccc(S(=O)(=O)Nc3ccc(OC)c(Cl)c3)cc2)c(OC)c1. The summed E-state index contributed by atoms with van der Waals surface area (Å²) in [7, 11) is 0.617. The Labute approximate surface area is 202 Å². The first-order valence-electron chi connectivity index (χ1n) is 9.87. The van der Waals surface area contributed by atoms with Crippen molar-refractivity contribution < 1.29 is 32.2 Å². The van der Waals surface area contributed by atoms with Gasteiger partial charge in [0.05, 0.1) is 42.6 Å². The number of sulfonamides is 1. The molecule has 0 radical (unpaired) electrons. The summed E-state index contributed by atoms with van der Waals surface area (Å²) in [6.45, 7) is -0.288. The number of carbonyl (C=O) groups is 1. The Bertz CT molecular complexity index is 1260. The lowest BCUT2D eigenvalue weighted by atomic mass is 10.2. The van der Waals surface area contributed by atoms with Crippen molar-refractivity contribution in [3.8, 4) is 23.0 Å². The van der Waals surface area contributed by atoms with Crippen LogP contribution in [0.15, 0.2) is 65.6 Å². The second kappa shape index (κ2) is 11.0. The highest BCUT2D eigenvalue weighted by molar-refractivity contribution is 7.92. The topological polar surface area (TPSA) is 112 Å². The van der Waals surface area contributed by atoms with Crippen molar-refractivity contribution in [2.45, 2.75) is 4.90 Å². The molecule has 180 valence electrons. The van der Waals surface area contributed by atoms with Gasteiger partial charge in [-0.1, -0.05) is 11.6 Å². The van der Waals surface area contributed by atoms with E-state index in [1.54, 1.807) is 24.3 Å². The monoisotopic (exact) mass is 506 g/mol. The molecule has 0 spiro atoms. The quantitative estimate of drug-likeness (QED) is 0.424. The third-order valence-corrected chi connectivity index (χ3v) is 6.28. The number of carbonyl (C=O) groups excluding carboxylic acids is 1. The lowest BCUT2D eigenvalue weighted by Gasteiger charge is -2.12. The number of hydrogen-bond acceptors (Lipinski definition) is 7. The van der Waals surface area contributed by atoms with Crippen molar-refractivity contribution in [1.82, 2.24) is 0 Å². The Kier molecular flexibility index (Phi) is 8.08. The average molecular weight is 507 g/mol. The van der Waals surface area contributed by atoms with E-state index in [0.29, 0.717) is 28.7 Å². The molecular formula is C23H23ClN2O7S. The molecule has 0 atom stereocenters. The molecule has 2 N–H and O–H groups in total. The number of anilines is 2. The van der Waals surface area contributed by atoms with Crippen molar-refractivity contribution in [2.75, 3.05) is 38.0 Å². The molecule has 0 aliphatic carbocycles. The molecule has 0 aromatic heterocycles. The van der Waals surface area contributed by atoms with Gasteiger partial charge in [-0.2, -0.15) is 0 Å². The molecule has 0 aliphatic rings. The highest BCUT2D eigenvalue weighted by Gasteiger charge is 2.16. The first-order valence-corrected chi connectivity index (χ1v) is 11.7. The van der Waals surface area contributed by atoms with Gasteiger partial charge in [-0.3, -0.25) is 9.52 Å². The number of halogens is 1. The van der Waals surface area contributed by atoms with Gasteiger partial charge in [0.25, 0.3) is 15.9 Å². The maximum absolute atomic E-state index is 12.6. The summed E-state index contributed by atoms with van der Waals surface area (Å²) in [5.41, 5.74) is 0.750. The summed E-state index contributed by atoms with van der Waals surface area (Å²) in [6.07, 6.45) is 0. The molecule has 1 amide bonds. The van der Waals surface area contributed by atoms with Crippen LogP contribution in [0.4, 0.5) is 11.4 Å². The molecule has 0 saturated carbocycles. The van der Waals surface area contributed by atoms with Crippen LogP contribution in [0.5, 0.6) is 23.0 Å². The Hall–Kier alpha value is -3.63. The molecule has 0 aliphatic heterocycles. The molecule has 3 aromatic rings. The van der Waals surface area contributed by atoms with E-state index in [0.717, 1.165) is 0 Å². The van der Waals surface area contributed by atoms with Crippen LogP contribution in [0.3, 0.4) is 0 Å². The third-order valence-electron chi connectivity index (χ3n) is 4.59. The van der Waals surface area contributed by atoms with Crippen molar-refractivity contribution in [2.24, 2.45) is 0 Å². The van der Waals surface area contributed by atoms with Crippen LogP contribution in [0.25, 0.3) is 0 Å². The first-order chi connectivity index (χ1) is 16.2. The van der Waals surface area contributed by atoms with Gasteiger partial charge in [0, 0.05) is 6.07 Å². The number of ether oxygens (including phenoxy) is 4. The molecular weight excluding hydrogens is 484 g/mol. The predicted molar refractivity (Wildman–Crippen MR) is 129 cm³/mol. The van der Waals surface area contributed by atoms with Crippen LogP contribution in [0.2, 0.25) is 5.02 Å². The van der Waals surface area contributed by atoms with Crippen molar-refractivity contribution in [3.05, 3.63) is 65.7 Å². The highest BCUT2D eigenvalue weighted by atomic mass is 35.5. The van der Waals surface area contributed by atoms with Crippen molar-refractivity contribution >= 4 is 38.9 Å². The van der Waals surface area contributed by atoms with E-state index in [2.05, 4.69) is 10.0 Å². The van der Waals surface area contributed by atoms with Gasteiger partial charge >= 0.3 is 0 Å². The summed E-state index contributed by atoms with van der Waals surface area (Å²) in [5.74, 6) is 1.36. The Morgan fingerprint density at radius 1 is 0.853 bits per heavy atom. The minimum Gasteiger partial charge on any atom is -0.497 e. The van der Waals surface area contributed by atoms with Gasteiger partial charge in [0.1, 0.15) is 23.0 Å². The van der Waals surface area contributed by atoms with Crippen molar-refractivity contribution in [1.29, 1.82) is 0 Å². The number of nitrogens with one attached hydrogen (secondary N) is 2. The van der Waals surface area contributed by atoms with Crippen LogP contribution in [0.1, 0.15) is 0 Å². The molecule has 11 heteroatoms. The van der Waals surface area contributed by atoms with Crippen molar-refractivity contribution in [3.63, 3.8) is 0 Å². The molecule has 3 rings (SSSR count). The summed E-state index contributed by atoms with van der Waals surface area (Å²) in [5, 5.41) is 2.96. The van der Waals surface area contributed by atoms with Crippen LogP contribution in [-0.4, -0.2) is 42.3 Å².